The monoisotopic (exact) mass is 385 g/mol. The Morgan fingerprint density at radius 3 is 2.64 bits per heavy atom. The summed E-state index contributed by atoms with van der Waals surface area (Å²) >= 11 is 0. The summed E-state index contributed by atoms with van der Waals surface area (Å²) in [6.07, 6.45) is 1.45. The van der Waals surface area contributed by atoms with Crippen LogP contribution < -0.4 is 5.43 Å². The van der Waals surface area contributed by atoms with Crippen molar-refractivity contribution in [1.82, 2.24) is 10.3 Å². The van der Waals surface area contributed by atoms with Gasteiger partial charge >= 0.3 is 5.97 Å². The van der Waals surface area contributed by atoms with Gasteiger partial charge in [0.15, 0.2) is 0 Å². The highest BCUT2D eigenvalue weighted by Crippen LogP contribution is 2.22. The zero-order chi connectivity index (χ0) is 19.8. The van der Waals surface area contributed by atoms with Gasteiger partial charge in [-0.15, -0.1) is 0 Å². The standard InChI is InChI=1S/C20H23N3O5/c1-2-27-20(25)16-5-3-15(4-6-16)18-8-7-17(28-18)13-21-22-19(24)14-23-9-11-26-12-10-23/h3-8,13H,2,9-12,14H2,1H3,(H,22,24)/b21-13+. The average molecular weight is 385 g/mol. The Morgan fingerprint density at radius 2 is 1.93 bits per heavy atom. The number of hydrogen-bond acceptors (Lipinski definition) is 7. The van der Waals surface area contributed by atoms with E-state index in [0.717, 1.165) is 18.7 Å². The van der Waals surface area contributed by atoms with E-state index < -0.39 is 0 Å². The first-order valence-corrected chi connectivity index (χ1v) is 9.15. The first-order valence-electron chi connectivity index (χ1n) is 9.15. The van der Waals surface area contributed by atoms with Crippen LogP contribution >= 0.6 is 0 Å². The molecule has 1 saturated heterocycles. The van der Waals surface area contributed by atoms with Crippen LogP contribution in [0.1, 0.15) is 23.0 Å². The van der Waals surface area contributed by atoms with Crippen molar-refractivity contribution >= 4 is 18.1 Å². The number of hydrazone groups is 1. The maximum Gasteiger partial charge on any atom is 0.338 e. The molecule has 28 heavy (non-hydrogen) atoms. The van der Waals surface area contributed by atoms with Gasteiger partial charge in [-0.2, -0.15) is 5.10 Å². The third-order valence-electron chi connectivity index (χ3n) is 4.16. The Kier molecular flexibility index (Phi) is 6.94. The third kappa shape index (κ3) is 5.51. The van der Waals surface area contributed by atoms with Crippen molar-refractivity contribution in [1.29, 1.82) is 0 Å². The summed E-state index contributed by atoms with van der Waals surface area (Å²) in [6.45, 7) is 5.17. The van der Waals surface area contributed by atoms with Crippen LogP contribution in [0, 0.1) is 0 Å². The third-order valence-corrected chi connectivity index (χ3v) is 4.16. The minimum Gasteiger partial charge on any atom is -0.462 e. The molecule has 1 aliphatic heterocycles. The van der Waals surface area contributed by atoms with Crippen LogP contribution in [0.5, 0.6) is 0 Å². The number of furan rings is 1. The normalized spacial score (nSPS) is 14.9. The second-order valence-corrected chi connectivity index (χ2v) is 6.18. The van der Waals surface area contributed by atoms with Crippen LogP contribution in [0.2, 0.25) is 0 Å². The molecular formula is C20H23N3O5. The molecule has 0 spiro atoms. The number of nitrogens with one attached hydrogen (secondary N) is 1. The fourth-order valence-corrected chi connectivity index (χ4v) is 2.73. The van der Waals surface area contributed by atoms with Gasteiger partial charge in [-0.05, 0) is 31.2 Å². The summed E-state index contributed by atoms with van der Waals surface area (Å²) < 4.78 is 15.9. The summed E-state index contributed by atoms with van der Waals surface area (Å²) in [4.78, 5) is 25.6. The predicted molar refractivity (Wildman–Crippen MR) is 103 cm³/mol. The van der Waals surface area contributed by atoms with Gasteiger partial charge in [-0.25, -0.2) is 10.2 Å². The van der Waals surface area contributed by atoms with E-state index in [1.165, 1.54) is 6.21 Å². The number of benzene rings is 1. The van der Waals surface area contributed by atoms with Gasteiger partial charge in [0.25, 0.3) is 5.91 Å². The molecular weight excluding hydrogens is 362 g/mol. The number of ether oxygens (including phenoxy) is 2. The van der Waals surface area contributed by atoms with E-state index >= 15 is 0 Å². The molecule has 8 heteroatoms. The topological polar surface area (TPSA) is 93.4 Å². The number of carbonyl (C=O) groups is 2. The summed E-state index contributed by atoms with van der Waals surface area (Å²) in [6, 6.07) is 10.5. The molecule has 1 aromatic carbocycles. The highest BCUT2D eigenvalue weighted by Gasteiger charge is 2.13. The molecule has 0 bridgehead atoms. The van der Waals surface area contributed by atoms with E-state index in [1.807, 2.05) is 4.90 Å². The Labute approximate surface area is 163 Å². The van der Waals surface area contributed by atoms with Gasteiger partial charge in [0.1, 0.15) is 11.5 Å². The summed E-state index contributed by atoms with van der Waals surface area (Å²) in [5.41, 5.74) is 3.81. The Bertz CT molecular complexity index is 823. The van der Waals surface area contributed by atoms with Crippen molar-refractivity contribution in [2.24, 2.45) is 5.10 Å². The molecule has 0 saturated carbocycles. The van der Waals surface area contributed by atoms with Crippen LogP contribution in [0.4, 0.5) is 0 Å². The summed E-state index contributed by atoms with van der Waals surface area (Å²) in [7, 11) is 0. The molecule has 2 heterocycles. The quantitative estimate of drug-likeness (QED) is 0.445. The van der Waals surface area contributed by atoms with Crippen molar-refractivity contribution in [3.05, 3.63) is 47.7 Å². The molecule has 1 fully saturated rings. The van der Waals surface area contributed by atoms with Gasteiger partial charge in [0.05, 0.1) is 38.1 Å². The molecule has 1 aliphatic rings. The molecule has 0 aliphatic carbocycles. The van der Waals surface area contributed by atoms with Gasteiger partial charge in [0.2, 0.25) is 0 Å². The molecule has 0 atom stereocenters. The van der Waals surface area contributed by atoms with Crippen molar-refractivity contribution in [2.45, 2.75) is 6.92 Å². The van der Waals surface area contributed by atoms with Crippen LogP contribution in [-0.2, 0) is 14.3 Å². The van der Waals surface area contributed by atoms with Crippen molar-refractivity contribution in [3.63, 3.8) is 0 Å². The SMILES string of the molecule is CCOC(=O)c1ccc(-c2ccc(/C=N/NC(=O)CN3CCOCC3)o2)cc1. The number of morpholine rings is 1. The van der Waals surface area contributed by atoms with Gasteiger partial charge in [-0.1, -0.05) is 12.1 Å². The van der Waals surface area contributed by atoms with Crippen LogP contribution in [0.25, 0.3) is 11.3 Å². The van der Waals surface area contributed by atoms with Crippen LogP contribution in [0.15, 0.2) is 45.9 Å². The number of hydrogen-bond donors (Lipinski definition) is 1. The molecule has 148 valence electrons. The molecule has 1 amide bonds. The fourth-order valence-electron chi connectivity index (χ4n) is 2.73. The number of rotatable bonds is 7. The lowest BCUT2D eigenvalue weighted by atomic mass is 10.1. The molecule has 3 rings (SSSR count). The Morgan fingerprint density at radius 1 is 1.18 bits per heavy atom. The Balaban J connectivity index is 1.52. The van der Waals surface area contributed by atoms with E-state index in [9.17, 15) is 9.59 Å². The maximum absolute atomic E-state index is 11.9. The first-order chi connectivity index (χ1) is 13.7. The smallest absolute Gasteiger partial charge is 0.338 e. The van der Waals surface area contributed by atoms with Gasteiger partial charge in [-0.3, -0.25) is 9.69 Å². The molecule has 2 aromatic rings. The average Bonchev–Trinajstić information content (AvgIpc) is 3.18. The number of esters is 1. The fraction of sp³-hybridized carbons (Fsp3) is 0.350. The number of amides is 1. The van der Waals surface area contributed by atoms with E-state index in [4.69, 9.17) is 13.9 Å². The summed E-state index contributed by atoms with van der Waals surface area (Å²) in [5.74, 6) is 0.612. The predicted octanol–water partition coefficient (Wildman–Crippen LogP) is 1.91. The second kappa shape index (κ2) is 9.82. The largest absolute Gasteiger partial charge is 0.462 e. The second-order valence-electron chi connectivity index (χ2n) is 6.18. The zero-order valence-corrected chi connectivity index (χ0v) is 15.7. The van der Waals surface area contributed by atoms with E-state index in [0.29, 0.717) is 36.9 Å². The van der Waals surface area contributed by atoms with Gasteiger partial charge in [0, 0.05) is 18.7 Å². The molecule has 0 unspecified atom stereocenters. The highest BCUT2D eigenvalue weighted by molar-refractivity contribution is 5.90. The molecule has 8 nitrogen and oxygen atoms in total. The lowest BCUT2D eigenvalue weighted by Crippen LogP contribution is -2.42. The van der Waals surface area contributed by atoms with Crippen molar-refractivity contribution in [2.75, 3.05) is 39.5 Å². The molecule has 0 radical (unpaired) electrons. The van der Waals surface area contributed by atoms with Gasteiger partial charge < -0.3 is 13.9 Å². The molecule has 1 aromatic heterocycles. The van der Waals surface area contributed by atoms with E-state index in [2.05, 4.69) is 10.5 Å². The lowest BCUT2D eigenvalue weighted by Gasteiger charge is -2.25. The van der Waals surface area contributed by atoms with Crippen LogP contribution in [0.3, 0.4) is 0 Å². The minimum atomic E-state index is -0.353. The highest BCUT2D eigenvalue weighted by atomic mass is 16.5. The van der Waals surface area contributed by atoms with Crippen LogP contribution in [-0.4, -0.2) is 62.4 Å². The lowest BCUT2D eigenvalue weighted by molar-refractivity contribution is -0.123. The minimum absolute atomic E-state index is 0.181. The first kappa shape index (κ1) is 19.8. The van der Waals surface area contributed by atoms with E-state index in [1.54, 1.807) is 43.3 Å². The zero-order valence-electron chi connectivity index (χ0n) is 15.7. The van der Waals surface area contributed by atoms with E-state index in [-0.39, 0.29) is 18.4 Å². The molecule has 1 N–H and O–H groups in total. The number of nitrogens with zero attached hydrogens (tertiary/aromatic N) is 2. The summed E-state index contributed by atoms with van der Waals surface area (Å²) in [5, 5.41) is 3.93. The Hall–Kier alpha value is -2.97. The van der Waals surface area contributed by atoms with Crippen molar-refractivity contribution in [3.8, 4) is 11.3 Å². The number of carbonyl (C=O) groups excluding carboxylic acids is 2. The van der Waals surface area contributed by atoms with Crippen molar-refractivity contribution < 1.29 is 23.5 Å². The maximum atomic E-state index is 11.9.